The van der Waals surface area contributed by atoms with Crippen molar-refractivity contribution in [3.63, 3.8) is 0 Å². The summed E-state index contributed by atoms with van der Waals surface area (Å²) in [6, 6.07) is 8.31. The van der Waals surface area contributed by atoms with Gasteiger partial charge in [-0.2, -0.15) is 0 Å². The van der Waals surface area contributed by atoms with Crippen LogP contribution in [0.1, 0.15) is 38.2 Å². The Balaban J connectivity index is 1.17. The molecule has 2 N–H and O–H groups in total. The lowest BCUT2D eigenvalue weighted by molar-refractivity contribution is -0.120. The van der Waals surface area contributed by atoms with E-state index in [-0.39, 0.29) is 28.7 Å². The molecule has 0 spiro atoms. The van der Waals surface area contributed by atoms with E-state index < -0.39 is 9.84 Å². The normalized spacial score (nSPS) is 27.5. The highest BCUT2D eigenvalue weighted by molar-refractivity contribution is 8.15. The van der Waals surface area contributed by atoms with Gasteiger partial charge in [-0.3, -0.25) is 9.79 Å². The van der Waals surface area contributed by atoms with Gasteiger partial charge in [0.1, 0.15) is 0 Å². The molecular weight excluding hydrogens is 432 g/mol. The van der Waals surface area contributed by atoms with E-state index in [2.05, 4.69) is 27.4 Å². The summed E-state index contributed by atoms with van der Waals surface area (Å²) in [4.78, 5) is 19.3. The molecule has 0 radical (unpaired) electrons. The zero-order chi connectivity index (χ0) is 21.8. The third kappa shape index (κ3) is 6.23. The van der Waals surface area contributed by atoms with Gasteiger partial charge in [-0.25, -0.2) is 8.42 Å². The Morgan fingerprint density at radius 2 is 2.03 bits per heavy atom. The van der Waals surface area contributed by atoms with E-state index in [0.717, 1.165) is 35.9 Å². The van der Waals surface area contributed by atoms with Gasteiger partial charge in [-0.15, -0.1) is 0 Å². The smallest absolute Gasteiger partial charge is 0.224 e. The second-order valence-corrected chi connectivity index (χ2v) is 12.2. The van der Waals surface area contributed by atoms with Crippen molar-refractivity contribution < 1.29 is 13.2 Å². The van der Waals surface area contributed by atoms with Crippen LogP contribution in [0, 0.1) is 0 Å². The van der Waals surface area contributed by atoms with Crippen LogP contribution in [0.2, 0.25) is 0 Å². The number of likely N-dealkylation sites (tertiary alicyclic amines) is 1. The topological polar surface area (TPSA) is 90.9 Å². The Kier molecular flexibility index (Phi) is 7.23. The predicted octanol–water partition coefficient (Wildman–Crippen LogP) is 2.29. The van der Waals surface area contributed by atoms with E-state index in [9.17, 15) is 13.2 Å². The molecule has 7 nitrogen and oxygen atoms in total. The highest BCUT2D eigenvalue weighted by Crippen LogP contribution is 2.34. The summed E-state index contributed by atoms with van der Waals surface area (Å²) in [7, 11) is -2.93. The van der Waals surface area contributed by atoms with E-state index in [1.807, 2.05) is 24.3 Å². The molecule has 170 valence electrons. The lowest BCUT2D eigenvalue weighted by atomic mass is 10.0. The van der Waals surface area contributed by atoms with Crippen LogP contribution in [0.25, 0.3) is 0 Å². The minimum absolute atomic E-state index is 0.0357. The number of sulfone groups is 1. The molecule has 0 bridgehead atoms. The number of amides is 1. The molecule has 0 aromatic heterocycles. The van der Waals surface area contributed by atoms with E-state index in [4.69, 9.17) is 0 Å². The number of hydrogen-bond acceptors (Lipinski definition) is 7. The average Bonchev–Trinajstić information content (AvgIpc) is 3.20. The second kappa shape index (κ2) is 9.92. The fourth-order valence-electron chi connectivity index (χ4n) is 4.49. The number of carbonyl (C=O) groups is 1. The lowest BCUT2D eigenvalue weighted by Gasteiger charge is -2.33. The highest BCUT2D eigenvalue weighted by atomic mass is 32.2. The maximum atomic E-state index is 12.2. The van der Waals surface area contributed by atoms with Gasteiger partial charge in [-0.05, 0) is 50.4 Å². The van der Waals surface area contributed by atoms with Crippen LogP contribution in [0.4, 0.5) is 5.69 Å². The van der Waals surface area contributed by atoms with E-state index in [1.165, 1.54) is 37.6 Å². The Morgan fingerprint density at radius 1 is 1.23 bits per heavy atom. The first-order valence-electron chi connectivity index (χ1n) is 11.2. The zero-order valence-corrected chi connectivity index (χ0v) is 19.7. The second-order valence-electron chi connectivity index (χ2n) is 8.82. The molecule has 31 heavy (non-hydrogen) atoms. The van der Waals surface area contributed by atoms with Crippen molar-refractivity contribution in [1.29, 1.82) is 0 Å². The quantitative estimate of drug-likeness (QED) is 0.602. The highest BCUT2D eigenvalue weighted by Gasteiger charge is 2.42. The van der Waals surface area contributed by atoms with Gasteiger partial charge in [-0.1, -0.05) is 30.3 Å². The molecule has 3 atom stereocenters. The molecule has 1 aromatic rings. The molecule has 0 saturated carbocycles. The number of rotatable bonds is 7. The summed E-state index contributed by atoms with van der Waals surface area (Å²) in [5, 5.41) is 7.11. The number of fused-ring (bicyclic) bond motifs is 1. The third-order valence-electron chi connectivity index (χ3n) is 6.27. The van der Waals surface area contributed by atoms with E-state index in [0.29, 0.717) is 12.5 Å². The van der Waals surface area contributed by atoms with Gasteiger partial charge in [0.2, 0.25) is 5.91 Å². The van der Waals surface area contributed by atoms with Crippen LogP contribution in [0.5, 0.6) is 0 Å². The number of benzene rings is 1. The lowest BCUT2D eigenvalue weighted by Crippen LogP contribution is -2.39. The molecule has 2 saturated heterocycles. The number of carbonyl (C=O) groups excluding carboxylic acids is 1. The van der Waals surface area contributed by atoms with Crippen molar-refractivity contribution in [3.8, 4) is 0 Å². The van der Waals surface area contributed by atoms with Gasteiger partial charge in [0.25, 0.3) is 0 Å². The summed E-state index contributed by atoms with van der Waals surface area (Å²) < 4.78 is 23.3. The largest absolute Gasteiger partial charge is 0.356 e. The van der Waals surface area contributed by atoms with Crippen molar-refractivity contribution in [2.24, 2.45) is 4.99 Å². The van der Waals surface area contributed by atoms with Crippen LogP contribution in [0.15, 0.2) is 29.3 Å². The first-order valence-corrected chi connectivity index (χ1v) is 13.9. The summed E-state index contributed by atoms with van der Waals surface area (Å²) in [6.07, 6.45) is 5.27. The number of aliphatic imine (C=N–C) groups is 1. The molecule has 3 aliphatic heterocycles. The fourth-order valence-corrected chi connectivity index (χ4v) is 8.17. The van der Waals surface area contributed by atoms with Gasteiger partial charge < -0.3 is 15.5 Å². The van der Waals surface area contributed by atoms with Gasteiger partial charge in [0, 0.05) is 30.1 Å². The minimum Gasteiger partial charge on any atom is -0.356 e. The van der Waals surface area contributed by atoms with Crippen LogP contribution in [-0.4, -0.2) is 72.9 Å². The zero-order valence-electron chi connectivity index (χ0n) is 18.0. The SMILES string of the molecule is CC1CCCCN1CCCNC(=O)Cc1ccc(NC2=N[C@@H]3CS(=O)(=O)C[C@@H]3S2)cc1. The Labute approximate surface area is 189 Å². The monoisotopic (exact) mass is 464 g/mol. The molecule has 1 unspecified atom stereocenters. The first kappa shape index (κ1) is 22.6. The van der Waals surface area contributed by atoms with E-state index in [1.54, 1.807) is 0 Å². The average molecular weight is 465 g/mol. The van der Waals surface area contributed by atoms with Gasteiger partial charge in [0.15, 0.2) is 15.0 Å². The molecule has 9 heteroatoms. The summed E-state index contributed by atoms with van der Waals surface area (Å²) in [6.45, 7) is 5.25. The molecule has 0 aliphatic carbocycles. The number of anilines is 1. The number of nitrogens with zero attached hydrogens (tertiary/aromatic N) is 2. The van der Waals surface area contributed by atoms with Crippen molar-refractivity contribution in [2.45, 2.75) is 56.4 Å². The number of amidine groups is 1. The minimum atomic E-state index is -2.93. The molecule has 1 amide bonds. The molecule has 4 rings (SSSR count). The Bertz CT molecular complexity index is 917. The predicted molar refractivity (Wildman–Crippen MR) is 128 cm³/mol. The molecular formula is C22H32N4O3S2. The fraction of sp³-hybridized carbons (Fsp3) is 0.636. The van der Waals surface area contributed by atoms with Crippen LogP contribution in [0.3, 0.4) is 0 Å². The Morgan fingerprint density at radius 3 is 2.77 bits per heavy atom. The molecule has 3 heterocycles. The third-order valence-corrected chi connectivity index (χ3v) is 9.41. The summed E-state index contributed by atoms with van der Waals surface area (Å²) in [5.41, 5.74) is 1.87. The van der Waals surface area contributed by atoms with Crippen molar-refractivity contribution in [1.82, 2.24) is 10.2 Å². The van der Waals surface area contributed by atoms with Crippen LogP contribution in [-0.2, 0) is 21.1 Å². The Hall–Kier alpha value is -1.58. The maximum Gasteiger partial charge on any atom is 0.224 e. The number of hydrogen-bond donors (Lipinski definition) is 2. The molecule has 3 aliphatic rings. The summed E-state index contributed by atoms with van der Waals surface area (Å²) >= 11 is 1.51. The first-order chi connectivity index (χ1) is 14.9. The molecule has 2 fully saturated rings. The van der Waals surface area contributed by atoms with Crippen LogP contribution < -0.4 is 10.6 Å². The van der Waals surface area contributed by atoms with E-state index >= 15 is 0 Å². The standard InChI is InChI=1S/C22H32N4O3S2/c1-16-5-2-3-11-26(16)12-4-10-23-21(27)13-17-6-8-18(9-7-17)24-22-25-19-14-31(28,29)15-20(19)30-22/h6-9,16,19-20H,2-5,10-15H2,1H3,(H,23,27)(H,24,25)/t16?,19-,20+/m1/s1. The number of nitrogens with one attached hydrogen (secondary N) is 2. The maximum absolute atomic E-state index is 12.2. The van der Waals surface area contributed by atoms with Crippen molar-refractivity contribution in [3.05, 3.63) is 29.8 Å². The van der Waals surface area contributed by atoms with Crippen molar-refractivity contribution >= 4 is 38.4 Å². The number of piperidine rings is 1. The van der Waals surface area contributed by atoms with Crippen LogP contribution >= 0.6 is 11.8 Å². The molecule has 1 aromatic carbocycles. The number of thioether (sulfide) groups is 1. The summed E-state index contributed by atoms with van der Waals surface area (Å²) in [5.74, 6) is 0.417. The van der Waals surface area contributed by atoms with Gasteiger partial charge >= 0.3 is 0 Å². The van der Waals surface area contributed by atoms with Crippen molar-refractivity contribution in [2.75, 3.05) is 36.5 Å². The van der Waals surface area contributed by atoms with Gasteiger partial charge in [0.05, 0.1) is 24.0 Å².